The van der Waals surface area contributed by atoms with Crippen LogP contribution in [-0.4, -0.2) is 71.6 Å². The van der Waals surface area contributed by atoms with E-state index in [4.69, 9.17) is 9.15 Å². The quantitative estimate of drug-likeness (QED) is 0.726. The number of hydrogen-bond acceptors (Lipinski definition) is 6. The van der Waals surface area contributed by atoms with Crippen molar-refractivity contribution in [3.8, 4) is 5.75 Å². The molecule has 0 spiro atoms. The molecule has 1 amide bonds. The normalized spacial score (nSPS) is 17.7. The number of furan rings is 1. The number of rotatable bonds is 5. The minimum absolute atomic E-state index is 0.0259. The first kappa shape index (κ1) is 20.8. The molecule has 2 aliphatic rings. The van der Waals surface area contributed by atoms with E-state index < -0.39 is 0 Å². The predicted molar refractivity (Wildman–Crippen MR) is 118 cm³/mol. The van der Waals surface area contributed by atoms with Crippen LogP contribution in [0.3, 0.4) is 0 Å². The summed E-state index contributed by atoms with van der Waals surface area (Å²) in [6.45, 7) is 4.29. The van der Waals surface area contributed by atoms with Crippen LogP contribution in [0.15, 0.2) is 39.7 Å². The van der Waals surface area contributed by atoms with E-state index >= 15 is 0 Å². The van der Waals surface area contributed by atoms with Crippen LogP contribution in [0.4, 0.5) is 0 Å². The zero-order valence-electron chi connectivity index (χ0n) is 17.2. The lowest BCUT2D eigenvalue weighted by Gasteiger charge is -2.28. The summed E-state index contributed by atoms with van der Waals surface area (Å²) in [5.41, 5.74) is 1.23. The van der Waals surface area contributed by atoms with Gasteiger partial charge in [-0.1, -0.05) is 6.08 Å². The van der Waals surface area contributed by atoms with Crippen molar-refractivity contribution in [1.82, 2.24) is 14.4 Å². The van der Waals surface area contributed by atoms with Gasteiger partial charge >= 0.3 is 0 Å². The average molecular weight is 430 g/mol. The predicted octanol–water partition coefficient (Wildman–Crippen LogP) is 2.21. The van der Waals surface area contributed by atoms with Crippen LogP contribution < -0.4 is 10.3 Å². The minimum atomic E-state index is -0.111. The molecule has 2 aromatic rings. The largest absolute Gasteiger partial charge is 0.496 e. The van der Waals surface area contributed by atoms with Gasteiger partial charge in [-0.05, 0) is 18.2 Å². The summed E-state index contributed by atoms with van der Waals surface area (Å²) in [5.74, 6) is 3.07. The number of thioether (sulfide) groups is 1. The Kier molecular flexibility index (Phi) is 6.64. The molecular weight excluding hydrogens is 402 g/mol. The summed E-state index contributed by atoms with van der Waals surface area (Å²) < 4.78 is 12.6. The standard InChI is InChI=1S/C22H27N3O4S/c1-28-19-16-20(26)25-10-9-23(7-2-4-17-5-3-13-29-17)8-6-18(25)21(19)22(27)24-11-14-30-15-12-24/h2-5,13,16H,6-12,14-15H2,1H3/b4-2+. The van der Waals surface area contributed by atoms with Gasteiger partial charge in [-0.2, -0.15) is 11.8 Å². The fourth-order valence-corrected chi connectivity index (χ4v) is 4.90. The molecule has 0 atom stereocenters. The lowest BCUT2D eigenvalue weighted by Crippen LogP contribution is -2.39. The van der Waals surface area contributed by atoms with Crippen molar-refractivity contribution < 1.29 is 13.9 Å². The van der Waals surface area contributed by atoms with E-state index in [1.807, 2.05) is 34.9 Å². The molecule has 30 heavy (non-hydrogen) atoms. The summed E-state index contributed by atoms with van der Waals surface area (Å²) in [6.07, 6.45) is 6.30. The number of carbonyl (C=O) groups is 1. The molecule has 0 bridgehead atoms. The SMILES string of the molecule is COc1cc(=O)n2c(c1C(=O)N1CCSCC1)CCN(C/C=C/c1ccco1)CC2. The topological polar surface area (TPSA) is 67.9 Å². The van der Waals surface area contributed by atoms with E-state index in [1.165, 1.54) is 13.2 Å². The Morgan fingerprint density at radius 1 is 1.23 bits per heavy atom. The van der Waals surface area contributed by atoms with Crippen LogP contribution in [0.2, 0.25) is 0 Å². The highest BCUT2D eigenvalue weighted by Gasteiger charge is 2.28. The molecule has 0 unspecified atom stereocenters. The number of ether oxygens (including phenoxy) is 1. The molecule has 4 heterocycles. The van der Waals surface area contributed by atoms with Crippen molar-refractivity contribution in [1.29, 1.82) is 0 Å². The maximum atomic E-state index is 13.3. The molecule has 7 nitrogen and oxygen atoms in total. The van der Waals surface area contributed by atoms with Gasteiger partial charge in [0, 0.05) is 69.0 Å². The first-order chi connectivity index (χ1) is 14.7. The number of hydrogen-bond donors (Lipinski definition) is 0. The maximum Gasteiger partial charge on any atom is 0.259 e. The van der Waals surface area contributed by atoms with Gasteiger partial charge in [-0.25, -0.2) is 0 Å². The van der Waals surface area contributed by atoms with Crippen molar-refractivity contribution >= 4 is 23.7 Å². The summed E-state index contributed by atoms with van der Waals surface area (Å²) in [6, 6.07) is 5.24. The van der Waals surface area contributed by atoms with Crippen LogP contribution in [-0.2, 0) is 13.0 Å². The first-order valence-corrected chi connectivity index (χ1v) is 11.4. The number of carbonyl (C=O) groups excluding carboxylic acids is 1. The first-order valence-electron chi connectivity index (χ1n) is 10.3. The van der Waals surface area contributed by atoms with Crippen LogP contribution in [0, 0.1) is 0 Å². The molecule has 2 aromatic heterocycles. The lowest BCUT2D eigenvalue weighted by atomic mass is 10.1. The summed E-state index contributed by atoms with van der Waals surface area (Å²) in [5, 5.41) is 0. The second-order valence-corrected chi connectivity index (χ2v) is 8.62. The number of amides is 1. The van der Waals surface area contributed by atoms with E-state index in [2.05, 4.69) is 11.0 Å². The molecule has 160 valence electrons. The average Bonchev–Trinajstić information content (AvgIpc) is 3.20. The molecule has 0 N–H and O–H groups in total. The highest BCUT2D eigenvalue weighted by molar-refractivity contribution is 7.99. The molecule has 8 heteroatoms. The Hall–Kier alpha value is -2.45. The number of pyridine rings is 1. The monoisotopic (exact) mass is 429 g/mol. The Morgan fingerprint density at radius 3 is 2.80 bits per heavy atom. The van der Waals surface area contributed by atoms with E-state index in [-0.39, 0.29) is 11.5 Å². The zero-order valence-corrected chi connectivity index (χ0v) is 18.0. The Morgan fingerprint density at radius 2 is 2.07 bits per heavy atom. The summed E-state index contributed by atoms with van der Waals surface area (Å²) in [7, 11) is 1.52. The van der Waals surface area contributed by atoms with Gasteiger partial charge in [0.05, 0.1) is 13.4 Å². The van der Waals surface area contributed by atoms with Crippen molar-refractivity contribution in [2.24, 2.45) is 0 Å². The van der Waals surface area contributed by atoms with Crippen LogP contribution >= 0.6 is 11.8 Å². The van der Waals surface area contributed by atoms with Crippen molar-refractivity contribution in [2.45, 2.75) is 13.0 Å². The van der Waals surface area contributed by atoms with Crippen LogP contribution in [0.25, 0.3) is 6.08 Å². The molecule has 2 aliphatic heterocycles. The van der Waals surface area contributed by atoms with Crippen molar-refractivity contribution in [3.05, 3.63) is 57.9 Å². The third-order valence-electron chi connectivity index (χ3n) is 5.61. The van der Waals surface area contributed by atoms with Gasteiger partial charge in [0.1, 0.15) is 17.1 Å². The number of aromatic nitrogens is 1. The Bertz CT molecular complexity index is 962. The third-order valence-corrected chi connectivity index (χ3v) is 6.55. The highest BCUT2D eigenvalue weighted by Crippen LogP contribution is 2.25. The Balaban J connectivity index is 1.56. The summed E-state index contributed by atoms with van der Waals surface area (Å²) >= 11 is 1.86. The molecular formula is C22H27N3O4S. The smallest absolute Gasteiger partial charge is 0.259 e. The van der Waals surface area contributed by atoms with Gasteiger partial charge in [0.15, 0.2) is 0 Å². The maximum absolute atomic E-state index is 13.3. The van der Waals surface area contributed by atoms with E-state index in [0.717, 1.165) is 55.7 Å². The minimum Gasteiger partial charge on any atom is -0.496 e. The molecule has 4 rings (SSSR count). The molecule has 1 saturated heterocycles. The van der Waals surface area contributed by atoms with Crippen LogP contribution in [0.1, 0.15) is 21.8 Å². The van der Waals surface area contributed by atoms with Gasteiger partial charge in [0.2, 0.25) is 0 Å². The molecule has 0 radical (unpaired) electrons. The van der Waals surface area contributed by atoms with Gasteiger partial charge in [0.25, 0.3) is 11.5 Å². The molecule has 0 aliphatic carbocycles. The molecule has 1 fully saturated rings. The van der Waals surface area contributed by atoms with Crippen molar-refractivity contribution in [2.75, 3.05) is 51.3 Å². The van der Waals surface area contributed by atoms with Gasteiger partial charge in [-0.15, -0.1) is 0 Å². The fourth-order valence-electron chi connectivity index (χ4n) is 4.00. The number of methoxy groups -OCH3 is 1. The number of nitrogens with zero attached hydrogens (tertiary/aromatic N) is 3. The van der Waals surface area contributed by atoms with E-state index in [0.29, 0.717) is 24.3 Å². The van der Waals surface area contributed by atoms with Crippen molar-refractivity contribution in [3.63, 3.8) is 0 Å². The second-order valence-electron chi connectivity index (χ2n) is 7.40. The zero-order chi connectivity index (χ0) is 20.9. The van der Waals surface area contributed by atoms with Crippen LogP contribution in [0.5, 0.6) is 5.75 Å². The number of fused-ring (bicyclic) bond motifs is 1. The molecule has 0 aromatic carbocycles. The summed E-state index contributed by atoms with van der Waals surface area (Å²) in [4.78, 5) is 30.2. The van der Waals surface area contributed by atoms with Gasteiger partial charge < -0.3 is 18.6 Å². The third kappa shape index (κ3) is 4.49. The Labute approximate surface area is 180 Å². The van der Waals surface area contributed by atoms with Gasteiger partial charge in [-0.3, -0.25) is 14.5 Å². The lowest BCUT2D eigenvalue weighted by molar-refractivity contribution is 0.0766. The second kappa shape index (κ2) is 9.57. The fraction of sp³-hybridized carbons (Fsp3) is 0.455. The van der Waals surface area contributed by atoms with E-state index in [9.17, 15) is 9.59 Å². The van der Waals surface area contributed by atoms with E-state index in [1.54, 1.807) is 10.8 Å². The molecule has 0 saturated carbocycles. The highest BCUT2D eigenvalue weighted by atomic mass is 32.2.